The minimum Gasteiger partial charge on any atom is -0.382 e. The summed E-state index contributed by atoms with van der Waals surface area (Å²) in [4.78, 5) is 40.8. The van der Waals surface area contributed by atoms with Crippen LogP contribution in [0.4, 0.5) is 16.2 Å². The van der Waals surface area contributed by atoms with Crippen LogP contribution >= 0.6 is 0 Å². The third kappa shape index (κ3) is 6.05. The van der Waals surface area contributed by atoms with Gasteiger partial charge in [-0.15, -0.1) is 0 Å². The van der Waals surface area contributed by atoms with Crippen molar-refractivity contribution in [2.45, 2.75) is 19.9 Å². The summed E-state index contributed by atoms with van der Waals surface area (Å²) >= 11 is 0. The van der Waals surface area contributed by atoms with Crippen LogP contribution in [0.15, 0.2) is 54.6 Å². The molecule has 0 aromatic heterocycles. The number of nitrogens with zero attached hydrogens (tertiary/aromatic N) is 2. The summed E-state index contributed by atoms with van der Waals surface area (Å²) in [6.07, 6.45) is 0.708. The zero-order valence-corrected chi connectivity index (χ0v) is 17.7. The maximum Gasteiger partial charge on any atom is 0.322 e. The van der Waals surface area contributed by atoms with Crippen LogP contribution < -0.4 is 20.4 Å². The average molecular weight is 425 g/mol. The molecule has 0 atom stereocenters. The van der Waals surface area contributed by atoms with Gasteiger partial charge in [0.25, 0.3) is 0 Å². The van der Waals surface area contributed by atoms with Crippen molar-refractivity contribution in [2.24, 2.45) is 0 Å². The van der Waals surface area contributed by atoms with Gasteiger partial charge in [0.15, 0.2) is 0 Å². The Hall–Kier alpha value is -3.39. The summed E-state index contributed by atoms with van der Waals surface area (Å²) in [5, 5.41) is 5.66. The monoisotopic (exact) mass is 424 g/mol. The second-order valence-electron chi connectivity index (χ2n) is 7.10. The lowest BCUT2D eigenvalue weighted by molar-refractivity contribution is -0.123. The molecule has 0 fully saturated rings. The van der Waals surface area contributed by atoms with Crippen molar-refractivity contribution >= 4 is 29.2 Å². The van der Waals surface area contributed by atoms with E-state index in [4.69, 9.17) is 4.74 Å². The molecule has 0 aliphatic carbocycles. The molecule has 1 aliphatic heterocycles. The fourth-order valence-corrected chi connectivity index (χ4v) is 3.33. The van der Waals surface area contributed by atoms with Crippen LogP contribution in [0.5, 0.6) is 0 Å². The van der Waals surface area contributed by atoms with E-state index in [0.29, 0.717) is 44.1 Å². The smallest absolute Gasteiger partial charge is 0.322 e. The van der Waals surface area contributed by atoms with Crippen LogP contribution in [0.3, 0.4) is 0 Å². The zero-order chi connectivity index (χ0) is 22.1. The third-order valence-electron chi connectivity index (χ3n) is 4.88. The van der Waals surface area contributed by atoms with Crippen molar-refractivity contribution in [3.8, 4) is 0 Å². The second kappa shape index (κ2) is 11.1. The molecule has 2 N–H and O–H groups in total. The third-order valence-corrected chi connectivity index (χ3v) is 4.88. The molecule has 2 aromatic carbocycles. The van der Waals surface area contributed by atoms with E-state index in [1.165, 1.54) is 9.80 Å². The molecule has 0 saturated heterocycles. The van der Waals surface area contributed by atoms with Crippen LogP contribution in [0.25, 0.3) is 0 Å². The van der Waals surface area contributed by atoms with E-state index < -0.39 is 0 Å². The predicted octanol–water partition coefficient (Wildman–Crippen LogP) is 2.29. The number of hydrogen-bond acceptors (Lipinski definition) is 4. The van der Waals surface area contributed by atoms with Gasteiger partial charge < -0.3 is 15.4 Å². The van der Waals surface area contributed by atoms with Crippen LogP contribution in [0, 0.1) is 0 Å². The number of carbonyl (C=O) groups excluding carboxylic acids is 3. The highest BCUT2D eigenvalue weighted by atomic mass is 16.5. The number of nitrogens with one attached hydrogen (secondary N) is 2. The van der Waals surface area contributed by atoms with E-state index in [0.717, 1.165) is 5.56 Å². The molecular formula is C23H28N4O4. The first kappa shape index (κ1) is 22.3. The van der Waals surface area contributed by atoms with Crippen molar-refractivity contribution in [3.63, 3.8) is 0 Å². The number of fused-ring (bicyclic) bond motifs is 1. The highest BCUT2D eigenvalue weighted by Crippen LogP contribution is 2.33. The van der Waals surface area contributed by atoms with Gasteiger partial charge in [0, 0.05) is 26.3 Å². The summed E-state index contributed by atoms with van der Waals surface area (Å²) in [6.45, 7) is 3.76. The number of urea groups is 1. The van der Waals surface area contributed by atoms with Gasteiger partial charge in [-0.1, -0.05) is 42.5 Å². The van der Waals surface area contributed by atoms with Crippen LogP contribution in [-0.2, 0) is 20.9 Å². The Bertz CT molecular complexity index is 903. The Balaban J connectivity index is 1.64. The molecule has 4 amide bonds. The number of para-hydroxylation sites is 2. The Morgan fingerprint density at radius 1 is 1.00 bits per heavy atom. The molecular weight excluding hydrogens is 396 g/mol. The summed E-state index contributed by atoms with van der Waals surface area (Å²) in [5.74, 6) is -0.556. The van der Waals surface area contributed by atoms with E-state index in [-0.39, 0.29) is 30.9 Å². The number of hydrogen-bond donors (Lipinski definition) is 2. The Labute approximate surface area is 182 Å². The van der Waals surface area contributed by atoms with Gasteiger partial charge >= 0.3 is 6.03 Å². The first-order valence-electron chi connectivity index (χ1n) is 10.4. The first-order valence-corrected chi connectivity index (χ1v) is 10.4. The lowest BCUT2D eigenvalue weighted by Crippen LogP contribution is -2.53. The molecule has 0 bridgehead atoms. The summed E-state index contributed by atoms with van der Waals surface area (Å²) in [6, 6.07) is 16.3. The molecule has 164 valence electrons. The van der Waals surface area contributed by atoms with E-state index in [9.17, 15) is 14.4 Å². The molecule has 0 radical (unpaired) electrons. The van der Waals surface area contributed by atoms with E-state index in [1.54, 1.807) is 24.3 Å². The number of ether oxygens (including phenoxy) is 1. The van der Waals surface area contributed by atoms with Gasteiger partial charge in [0.05, 0.1) is 11.4 Å². The highest BCUT2D eigenvalue weighted by molar-refractivity contribution is 6.12. The van der Waals surface area contributed by atoms with Crippen LogP contribution in [0.2, 0.25) is 0 Å². The fourth-order valence-electron chi connectivity index (χ4n) is 3.33. The molecule has 3 rings (SSSR count). The minimum absolute atomic E-state index is 0.0933. The molecule has 1 heterocycles. The zero-order valence-electron chi connectivity index (χ0n) is 17.7. The van der Waals surface area contributed by atoms with E-state index in [2.05, 4.69) is 10.6 Å². The maximum atomic E-state index is 12.8. The molecule has 31 heavy (non-hydrogen) atoms. The van der Waals surface area contributed by atoms with Gasteiger partial charge in [0.2, 0.25) is 11.8 Å². The van der Waals surface area contributed by atoms with Crippen LogP contribution in [-0.4, -0.2) is 50.7 Å². The number of amides is 4. The maximum absolute atomic E-state index is 12.8. The molecule has 8 nitrogen and oxygen atoms in total. The Morgan fingerprint density at radius 3 is 2.45 bits per heavy atom. The average Bonchev–Trinajstić information content (AvgIpc) is 2.79. The molecule has 0 unspecified atom stereocenters. The largest absolute Gasteiger partial charge is 0.382 e. The quantitative estimate of drug-likeness (QED) is 0.605. The SMILES string of the molecule is CCOCCCNC(=O)CN1C(=O)CN(C(=O)NCc2ccccc2)c2ccccc21. The van der Waals surface area contributed by atoms with Crippen LogP contribution in [0.1, 0.15) is 18.9 Å². The lowest BCUT2D eigenvalue weighted by atomic mass is 10.1. The standard InChI is InChI=1S/C23H28N4O4/c1-2-31-14-8-13-24-21(28)16-26-19-11-6-7-12-20(19)27(17-22(26)29)23(30)25-15-18-9-4-3-5-10-18/h3-7,9-12H,2,8,13-17H2,1H3,(H,24,28)(H,25,30). The number of rotatable bonds is 9. The summed E-state index contributed by atoms with van der Waals surface area (Å²) < 4.78 is 5.25. The van der Waals surface area contributed by atoms with Crippen molar-refractivity contribution in [1.82, 2.24) is 10.6 Å². The van der Waals surface area contributed by atoms with Crippen molar-refractivity contribution in [1.29, 1.82) is 0 Å². The highest BCUT2D eigenvalue weighted by Gasteiger charge is 2.33. The second-order valence-corrected chi connectivity index (χ2v) is 7.10. The normalized spacial score (nSPS) is 13.0. The molecule has 0 saturated carbocycles. The van der Waals surface area contributed by atoms with Gasteiger partial charge in [-0.25, -0.2) is 4.79 Å². The molecule has 0 spiro atoms. The molecule has 1 aliphatic rings. The molecule has 2 aromatic rings. The first-order chi connectivity index (χ1) is 15.1. The van der Waals surface area contributed by atoms with Gasteiger partial charge in [-0.05, 0) is 31.0 Å². The topological polar surface area (TPSA) is 91.0 Å². The van der Waals surface area contributed by atoms with E-state index in [1.807, 2.05) is 37.3 Å². The van der Waals surface area contributed by atoms with Gasteiger partial charge in [0.1, 0.15) is 13.1 Å². The number of carbonyl (C=O) groups is 3. The summed E-state index contributed by atoms with van der Waals surface area (Å²) in [7, 11) is 0. The van der Waals surface area contributed by atoms with Gasteiger partial charge in [-0.2, -0.15) is 0 Å². The Kier molecular flexibility index (Phi) is 8.00. The van der Waals surface area contributed by atoms with E-state index >= 15 is 0 Å². The predicted molar refractivity (Wildman–Crippen MR) is 119 cm³/mol. The summed E-state index contributed by atoms with van der Waals surface area (Å²) in [5.41, 5.74) is 2.10. The van der Waals surface area contributed by atoms with Crippen molar-refractivity contribution in [2.75, 3.05) is 42.6 Å². The lowest BCUT2D eigenvalue weighted by Gasteiger charge is -2.35. The molecule has 8 heteroatoms. The minimum atomic E-state index is -0.357. The van der Waals surface area contributed by atoms with Gasteiger partial charge in [-0.3, -0.25) is 19.4 Å². The number of benzene rings is 2. The fraction of sp³-hybridized carbons (Fsp3) is 0.348. The van der Waals surface area contributed by atoms with Crippen molar-refractivity contribution < 1.29 is 19.1 Å². The van der Waals surface area contributed by atoms with Crippen molar-refractivity contribution in [3.05, 3.63) is 60.2 Å². The Morgan fingerprint density at radius 2 is 1.71 bits per heavy atom. The number of anilines is 2.